The number of benzene rings is 1. The second kappa shape index (κ2) is 5.21. The van der Waals surface area contributed by atoms with E-state index < -0.39 is 7.60 Å². The van der Waals surface area contributed by atoms with E-state index in [-0.39, 0.29) is 6.61 Å². The summed E-state index contributed by atoms with van der Waals surface area (Å²) in [7, 11) is -3.43. The Kier molecular flexibility index (Phi) is 4.18. The van der Waals surface area contributed by atoms with E-state index in [9.17, 15) is 4.57 Å². The van der Waals surface area contributed by atoms with Gasteiger partial charge in [0.25, 0.3) is 0 Å². The van der Waals surface area contributed by atoms with Gasteiger partial charge in [-0.05, 0) is 44.0 Å². The van der Waals surface area contributed by atoms with Gasteiger partial charge in [0.2, 0.25) is 0 Å². The third kappa shape index (κ3) is 3.41. The van der Waals surface area contributed by atoms with Gasteiger partial charge in [-0.2, -0.15) is 0 Å². The van der Waals surface area contributed by atoms with Crippen LogP contribution < -0.4 is 4.52 Å². The second-order valence-electron chi connectivity index (χ2n) is 3.46. The van der Waals surface area contributed by atoms with E-state index >= 15 is 0 Å². The Morgan fingerprint density at radius 3 is 2.31 bits per heavy atom. The van der Waals surface area contributed by atoms with Gasteiger partial charge in [-0.3, -0.25) is 4.52 Å². The minimum Gasteiger partial charge on any atom is -0.416 e. The molecule has 1 aromatic carbocycles. The Balaban J connectivity index is 2.95. The van der Waals surface area contributed by atoms with Gasteiger partial charge in [0, 0.05) is 5.66 Å². The maximum absolute atomic E-state index is 11.9. The smallest absolute Gasteiger partial charge is 0.416 e. The SMILES string of the molecule is C#C[P@@](=O)(OCC)Oc1cc(C)cc(C)c1. The topological polar surface area (TPSA) is 35.5 Å². The molecule has 86 valence electrons. The monoisotopic (exact) mass is 238 g/mol. The molecule has 4 heteroatoms. The van der Waals surface area contributed by atoms with Crippen molar-refractivity contribution in [2.75, 3.05) is 6.61 Å². The van der Waals surface area contributed by atoms with E-state index in [2.05, 4.69) is 5.66 Å². The van der Waals surface area contributed by atoms with Crippen molar-refractivity contribution >= 4 is 7.60 Å². The van der Waals surface area contributed by atoms with Crippen LogP contribution in [0.3, 0.4) is 0 Å². The van der Waals surface area contributed by atoms with Crippen LogP contribution in [0.5, 0.6) is 5.75 Å². The molecule has 0 aliphatic carbocycles. The average molecular weight is 238 g/mol. The Hall–Kier alpha value is -1.23. The van der Waals surface area contributed by atoms with Crippen LogP contribution in [0.15, 0.2) is 18.2 Å². The second-order valence-corrected chi connectivity index (χ2v) is 5.15. The molecule has 0 saturated heterocycles. The molecule has 0 spiro atoms. The zero-order valence-corrected chi connectivity index (χ0v) is 10.6. The molecule has 0 aromatic heterocycles. The lowest BCUT2D eigenvalue weighted by Crippen LogP contribution is -1.96. The summed E-state index contributed by atoms with van der Waals surface area (Å²) in [5.74, 6) is 0.479. The van der Waals surface area contributed by atoms with Crippen LogP contribution in [-0.2, 0) is 9.09 Å². The molecule has 0 bridgehead atoms. The largest absolute Gasteiger partial charge is 0.456 e. The summed E-state index contributed by atoms with van der Waals surface area (Å²) in [5.41, 5.74) is 4.12. The first-order chi connectivity index (χ1) is 7.49. The van der Waals surface area contributed by atoms with E-state index in [0.717, 1.165) is 11.1 Å². The van der Waals surface area contributed by atoms with Gasteiger partial charge in [0.15, 0.2) is 0 Å². The molecule has 0 aliphatic heterocycles. The van der Waals surface area contributed by atoms with Gasteiger partial charge in [-0.15, -0.1) is 6.42 Å². The summed E-state index contributed by atoms with van der Waals surface area (Å²) in [4.78, 5) is 0. The summed E-state index contributed by atoms with van der Waals surface area (Å²) in [6.07, 6.45) is 5.15. The Labute approximate surface area is 96.3 Å². The van der Waals surface area contributed by atoms with Crippen LogP contribution >= 0.6 is 7.60 Å². The van der Waals surface area contributed by atoms with Crippen LogP contribution in [-0.4, -0.2) is 6.61 Å². The fraction of sp³-hybridized carbons (Fsp3) is 0.333. The summed E-state index contributed by atoms with van der Waals surface area (Å²) >= 11 is 0. The normalized spacial score (nSPS) is 13.9. The van der Waals surface area contributed by atoms with Crippen molar-refractivity contribution in [1.82, 2.24) is 0 Å². The van der Waals surface area contributed by atoms with Crippen LogP contribution in [0.4, 0.5) is 0 Å². The summed E-state index contributed by atoms with van der Waals surface area (Å²) < 4.78 is 22.1. The van der Waals surface area contributed by atoms with Crippen LogP contribution in [0.1, 0.15) is 18.1 Å². The highest BCUT2D eigenvalue weighted by Gasteiger charge is 2.22. The van der Waals surface area contributed by atoms with E-state index in [4.69, 9.17) is 15.5 Å². The Bertz CT molecular complexity index is 440. The molecule has 0 saturated carbocycles. The standard InChI is InChI=1S/C12H15O3P/c1-5-14-16(13,6-2)15-12-8-10(3)7-11(4)9-12/h2,7-9H,5H2,1,3-4H3/t16-/m1/s1. The first-order valence-electron chi connectivity index (χ1n) is 4.99. The van der Waals surface area contributed by atoms with Crippen molar-refractivity contribution in [2.24, 2.45) is 0 Å². The first-order valence-corrected chi connectivity index (χ1v) is 6.53. The highest BCUT2D eigenvalue weighted by molar-refractivity contribution is 7.59. The van der Waals surface area contributed by atoms with Crippen molar-refractivity contribution < 1.29 is 13.6 Å². The molecule has 0 fully saturated rings. The van der Waals surface area contributed by atoms with E-state index in [1.165, 1.54) is 0 Å². The molecule has 1 rings (SSSR count). The zero-order valence-electron chi connectivity index (χ0n) is 9.69. The van der Waals surface area contributed by atoms with Gasteiger partial charge in [0.1, 0.15) is 5.75 Å². The van der Waals surface area contributed by atoms with Gasteiger partial charge in [-0.1, -0.05) is 6.07 Å². The predicted molar refractivity (Wildman–Crippen MR) is 64.6 cm³/mol. The van der Waals surface area contributed by atoms with Crippen molar-refractivity contribution in [3.63, 3.8) is 0 Å². The third-order valence-corrected chi connectivity index (χ3v) is 3.24. The minimum atomic E-state index is -3.43. The predicted octanol–water partition coefficient (Wildman–Crippen LogP) is 3.50. The Morgan fingerprint density at radius 2 is 1.88 bits per heavy atom. The molecule has 3 nitrogen and oxygen atoms in total. The number of terminal acetylenes is 1. The molecule has 0 N–H and O–H groups in total. The molecular formula is C12H15O3P. The average Bonchev–Trinajstić information content (AvgIpc) is 2.16. The summed E-state index contributed by atoms with van der Waals surface area (Å²) in [6.45, 7) is 5.84. The number of aryl methyl sites for hydroxylation is 2. The highest BCUT2D eigenvalue weighted by atomic mass is 31.2. The minimum absolute atomic E-state index is 0.256. The van der Waals surface area contributed by atoms with Gasteiger partial charge < -0.3 is 4.52 Å². The highest BCUT2D eigenvalue weighted by Crippen LogP contribution is 2.47. The zero-order chi connectivity index (χ0) is 12.2. The van der Waals surface area contributed by atoms with E-state index in [0.29, 0.717) is 5.75 Å². The molecular weight excluding hydrogens is 223 g/mol. The first kappa shape index (κ1) is 12.8. The molecule has 1 atom stereocenters. The van der Waals surface area contributed by atoms with Crippen LogP contribution in [0, 0.1) is 25.9 Å². The molecule has 0 radical (unpaired) electrons. The van der Waals surface area contributed by atoms with Crippen molar-refractivity contribution in [3.8, 4) is 17.8 Å². The maximum Gasteiger partial charge on any atom is 0.456 e. The lowest BCUT2D eigenvalue weighted by atomic mass is 10.1. The maximum atomic E-state index is 11.9. The molecule has 0 amide bonds. The van der Waals surface area contributed by atoms with Crippen molar-refractivity contribution in [1.29, 1.82) is 0 Å². The lowest BCUT2D eigenvalue weighted by Gasteiger charge is -2.13. The van der Waals surface area contributed by atoms with Gasteiger partial charge >= 0.3 is 7.60 Å². The molecule has 0 aliphatic rings. The quantitative estimate of drug-likeness (QED) is 0.594. The van der Waals surface area contributed by atoms with E-state index in [1.807, 2.05) is 19.9 Å². The van der Waals surface area contributed by atoms with Crippen molar-refractivity contribution in [3.05, 3.63) is 29.3 Å². The number of rotatable bonds is 4. The number of hydrogen-bond donors (Lipinski definition) is 0. The molecule has 0 unspecified atom stereocenters. The van der Waals surface area contributed by atoms with Crippen LogP contribution in [0.25, 0.3) is 0 Å². The van der Waals surface area contributed by atoms with Gasteiger partial charge in [0.05, 0.1) is 6.61 Å². The fourth-order valence-electron chi connectivity index (χ4n) is 1.38. The van der Waals surface area contributed by atoms with Gasteiger partial charge in [-0.25, -0.2) is 4.57 Å². The number of hydrogen-bond acceptors (Lipinski definition) is 3. The molecule has 0 heterocycles. The summed E-state index contributed by atoms with van der Waals surface area (Å²) in [6, 6.07) is 5.54. The van der Waals surface area contributed by atoms with Crippen LogP contribution in [0.2, 0.25) is 0 Å². The fourth-order valence-corrected chi connectivity index (χ4v) is 2.29. The van der Waals surface area contributed by atoms with E-state index in [1.54, 1.807) is 19.1 Å². The molecule has 1 aromatic rings. The Morgan fingerprint density at radius 1 is 1.31 bits per heavy atom. The third-order valence-electron chi connectivity index (χ3n) is 1.88. The molecule has 16 heavy (non-hydrogen) atoms. The summed E-state index contributed by atoms with van der Waals surface area (Å²) in [5, 5.41) is 0. The van der Waals surface area contributed by atoms with Crippen molar-refractivity contribution in [2.45, 2.75) is 20.8 Å². The lowest BCUT2D eigenvalue weighted by molar-refractivity contribution is 0.290.